The average molecular weight is 357 g/mol. The minimum absolute atomic E-state index is 0.366. The molecule has 0 fully saturated rings. The molecule has 0 aliphatic carbocycles. The van der Waals surface area contributed by atoms with Gasteiger partial charge in [0, 0.05) is 31.7 Å². The molecule has 0 amide bonds. The van der Waals surface area contributed by atoms with Crippen molar-refractivity contribution in [3.63, 3.8) is 0 Å². The van der Waals surface area contributed by atoms with Crippen LogP contribution in [-0.2, 0) is 13.0 Å². The van der Waals surface area contributed by atoms with Crippen molar-refractivity contribution in [3.8, 4) is 23.0 Å². The van der Waals surface area contributed by atoms with Crippen molar-refractivity contribution in [2.75, 3.05) is 11.4 Å². The molecule has 8 nitrogen and oxygen atoms in total. The van der Waals surface area contributed by atoms with E-state index in [1.165, 1.54) is 11.1 Å². The molecule has 0 radical (unpaired) electrons. The zero-order chi connectivity index (χ0) is 18.1. The Morgan fingerprint density at radius 1 is 0.963 bits per heavy atom. The fourth-order valence-electron chi connectivity index (χ4n) is 3.25. The van der Waals surface area contributed by atoms with E-state index in [-0.39, 0.29) is 0 Å². The van der Waals surface area contributed by atoms with Gasteiger partial charge in [0.15, 0.2) is 0 Å². The minimum Gasteiger partial charge on any atom is -0.351 e. The first-order valence-corrected chi connectivity index (χ1v) is 8.61. The Morgan fingerprint density at radius 2 is 1.89 bits per heavy atom. The SMILES string of the molecule is c1ccc2c(c1)CCN(c1ncncc1-c1nc(-c3cnccn3)no1)C2. The fourth-order valence-corrected chi connectivity index (χ4v) is 3.25. The molecule has 1 aliphatic rings. The molecule has 0 spiro atoms. The van der Waals surface area contributed by atoms with Crippen molar-refractivity contribution in [2.45, 2.75) is 13.0 Å². The Kier molecular flexibility index (Phi) is 3.78. The maximum Gasteiger partial charge on any atom is 0.263 e. The summed E-state index contributed by atoms with van der Waals surface area (Å²) >= 11 is 0. The highest BCUT2D eigenvalue weighted by molar-refractivity contribution is 5.70. The normalized spacial score (nSPS) is 13.4. The third-order valence-corrected chi connectivity index (χ3v) is 4.57. The van der Waals surface area contributed by atoms with Crippen molar-refractivity contribution in [1.29, 1.82) is 0 Å². The van der Waals surface area contributed by atoms with E-state index in [0.29, 0.717) is 23.0 Å². The number of aromatic nitrogens is 6. The van der Waals surface area contributed by atoms with E-state index in [2.05, 4.69) is 59.2 Å². The van der Waals surface area contributed by atoms with Crippen LogP contribution in [0.3, 0.4) is 0 Å². The van der Waals surface area contributed by atoms with Gasteiger partial charge in [-0.15, -0.1) is 0 Å². The van der Waals surface area contributed by atoms with Gasteiger partial charge in [-0.2, -0.15) is 4.98 Å². The van der Waals surface area contributed by atoms with E-state index in [1.54, 1.807) is 31.1 Å². The Morgan fingerprint density at radius 3 is 2.78 bits per heavy atom. The van der Waals surface area contributed by atoms with E-state index in [1.807, 2.05) is 0 Å². The van der Waals surface area contributed by atoms with Crippen molar-refractivity contribution < 1.29 is 4.52 Å². The highest BCUT2D eigenvalue weighted by atomic mass is 16.5. The van der Waals surface area contributed by atoms with E-state index >= 15 is 0 Å². The second-order valence-corrected chi connectivity index (χ2v) is 6.21. The number of anilines is 1. The van der Waals surface area contributed by atoms with Gasteiger partial charge in [0.25, 0.3) is 5.89 Å². The summed E-state index contributed by atoms with van der Waals surface area (Å²) in [5, 5.41) is 4.02. The average Bonchev–Trinajstić information content (AvgIpc) is 3.24. The molecule has 5 rings (SSSR count). The summed E-state index contributed by atoms with van der Waals surface area (Å²) < 4.78 is 5.47. The third kappa shape index (κ3) is 2.91. The number of nitrogens with zero attached hydrogens (tertiary/aromatic N) is 7. The molecule has 8 heteroatoms. The summed E-state index contributed by atoms with van der Waals surface area (Å²) in [4.78, 5) is 23.6. The Labute approximate surface area is 155 Å². The highest BCUT2D eigenvalue weighted by Crippen LogP contribution is 2.31. The maximum atomic E-state index is 5.47. The quantitative estimate of drug-likeness (QED) is 0.552. The summed E-state index contributed by atoms with van der Waals surface area (Å²) in [7, 11) is 0. The van der Waals surface area contributed by atoms with Crippen LogP contribution >= 0.6 is 0 Å². The summed E-state index contributed by atoms with van der Waals surface area (Å²) in [6.07, 6.45) is 9.00. The molecule has 0 bridgehead atoms. The smallest absolute Gasteiger partial charge is 0.263 e. The largest absolute Gasteiger partial charge is 0.351 e. The van der Waals surface area contributed by atoms with Crippen LogP contribution in [0.5, 0.6) is 0 Å². The molecule has 1 aliphatic heterocycles. The van der Waals surface area contributed by atoms with Crippen molar-refractivity contribution in [3.05, 3.63) is 66.5 Å². The van der Waals surface area contributed by atoms with Crippen molar-refractivity contribution in [2.24, 2.45) is 0 Å². The summed E-state index contributed by atoms with van der Waals surface area (Å²) in [5.41, 5.74) is 3.95. The molecule has 3 aromatic heterocycles. The molecule has 0 N–H and O–H groups in total. The van der Waals surface area contributed by atoms with Crippen LogP contribution < -0.4 is 4.90 Å². The van der Waals surface area contributed by atoms with Crippen LogP contribution in [0.4, 0.5) is 5.82 Å². The lowest BCUT2D eigenvalue weighted by molar-refractivity contribution is 0.431. The van der Waals surface area contributed by atoms with E-state index in [4.69, 9.17) is 4.52 Å². The zero-order valence-electron chi connectivity index (χ0n) is 14.4. The standard InChI is InChI=1S/C19H15N7O/c1-2-4-14-11-26(8-5-13(14)3-1)18-15(9-21-12-23-18)19-24-17(25-27-19)16-10-20-6-7-22-16/h1-4,6-7,9-10,12H,5,8,11H2. The lowest BCUT2D eigenvalue weighted by Crippen LogP contribution is -2.31. The Hall–Kier alpha value is -3.68. The lowest BCUT2D eigenvalue weighted by Gasteiger charge is -2.30. The van der Waals surface area contributed by atoms with Crippen LogP contribution in [-0.4, -0.2) is 36.6 Å². The first kappa shape index (κ1) is 15.6. The summed E-state index contributed by atoms with van der Waals surface area (Å²) in [5.74, 6) is 1.54. The van der Waals surface area contributed by atoms with Crippen LogP contribution in [0.25, 0.3) is 23.0 Å². The van der Waals surface area contributed by atoms with Crippen molar-refractivity contribution in [1.82, 2.24) is 30.1 Å². The summed E-state index contributed by atoms with van der Waals surface area (Å²) in [6, 6.07) is 8.48. The van der Waals surface area contributed by atoms with E-state index in [9.17, 15) is 0 Å². The zero-order valence-corrected chi connectivity index (χ0v) is 14.4. The second-order valence-electron chi connectivity index (χ2n) is 6.21. The molecule has 1 aromatic carbocycles. The fraction of sp³-hybridized carbons (Fsp3) is 0.158. The molecule has 132 valence electrons. The van der Waals surface area contributed by atoms with E-state index in [0.717, 1.165) is 25.3 Å². The molecule has 0 saturated carbocycles. The number of benzene rings is 1. The van der Waals surface area contributed by atoms with Crippen LogP contribution in [0.15, 0.2) is 59.9 Å². The second kappa shape index (κ2) is 6.56. The number of hydrogen-bond acceptors (Lipinski definition) is 8. The van der Waals surface area contributed by atoms with Gasteiger partial charge < -0.3 is 9.42 Å². The molecule has 4 heterocycles. The van der Waals surface area contributed by atoms with Gasteiger partial charge in [-0.25, -0.2) is 15.0 Å². The predicted molar refractivity (Wildman–Crippen MR) is 97.5 cm³/mol. The summed E-state index contributed by atoms with van der Waals surface area (Å²) in [6.45, 7) is 1.65. The molecular formula is C19H15N7O. The maximum absolute atomic E-state index is 5.47. The molecule has 0 saturated heterocycles. The minimum atomic E-state index is 0.366. The molecule has 0 unspecified atom stereocenters. The molecular weight excluding hydrogens is 342 g/mol. The van der Waals surface area contributed by atoms with Gasteiger partial charge in [-0.05, 0) is 17.5 Å². The molecule has 0 atom stereocenters. The van der Waals surface area contributed by atoms with Crippen LogP contribution in [0.2, 0.25) is 0 Å². The first-order valence-electron chi connectivity index (χ1n) is 8.61. The molecule has 27 heavy (non-hydrogen) atoms. The Bertz CT molecular complexity index is 1080. The predicted octanol–water partition coefficient (Wildman–Crippen LogP) is 2.55. The van der Waals surface area contributed by atoms with Gasteiger partial charge >= 0.3 is 0 Å². The number of hydrogen-bond donors (Lipinski definition) is 0. The monoisotopic (exact) mass is 357 g/mol. The molecule has 4 aromatic rings. The van der Waals surface area contributed by atoms with Crippen molar-refractivity contribution >= 4 is 5.82 Å². The van der Waals surface area contributed by atoms with Crippen LogP contribution in [0.1, 0.15) is 11.1 Å². The van der Waals surface area contributed by atoms with Gasteiger partial charge in [0.05, 0.1) is 6.20 Å². The first-order chi connectivity index (χ1) is 13.4. The van der Waals surface area contributed by atoms with Crippen LogP contribution in [0, 0.1) is 0 Å². The third-order valence-electron chi connectivity index (χ3n) is 4.57. The van der Waals surface area contributed by atoms with E-state index < -0.39 is 0 Å². The topological polar surface area (TPSA) is 93.7 Å². The van der Waals surface area contributed by atoms with Gasteiger partial charge in [-0.3, -0.25) is 4.98 Å². The lowest BCUT2D eigenvalue weighted by atomic mass is 10.00. The van der Waals surface area contributed by atoms with Gasteiger partial charge in [0.1, 0.15) is 23.4 Å². The number of rotatable bonds is 3. The van der Waals surface area contributed by atoms with Gasteiger partial charge in [0.2, 0.25) is 5.82 Å². The van der Waals surface area contributed by atoms with Gasteiger partial charge in [-0.1, -0.05) is 29.4 Å². The highest BCUT2D eigenvalue weighted by Gasteiger charge is 2.23. The number of fused-ring (bicyclic) bond motifs is 1. The Balaban J connectivity index is 1.50.